The first kappa shape index (κ1) is 14.3. The number of ether oxygens (including phenoxy) is 1. The Hall–Kier alpha value is -2.11. The number of amides is 2. The van der Waals surface area contributed by atoms with Crippen LogP contribution in [0.25, 0.3) is 0 Å². The number of alkyl carbamates (subject to hydrolysis) is 1. The van der Waals surface area contributed by atoms with Gasteiger partial charge < -0.3 is 15.0 Å². The fourth-order valence-corrected chi connectivity index (χ4v) is 1.84. The molecule has 0 spiro atoms. The maximum Gasteiger partial charge on any atom is 0.408 e. The Morgan fingerprint density at radius 2 is 1.95 bits per heavy atom. The monoisotopic (exact) mass is 280 g/mol. The topological polar surface area (TPSA) is 58.6 Å². The number of anilines is 1. The van der Waals surface area contributed by atoms with Crippen LogP contribution in [0.4, 0.5) is 14.9 Å². The SMILES string of the molecule is CC(C)(C)OC(=O)N[C@@H]1CN(c2ccc(F)cc2)C1=O. The van der Waals surface area contributed by atoms with Crippen molar-refractivity contribution in [2.45, 2.75) is 32.4 Å². The van der Waals surface area contributed by atoms with Crippen molar-refractivity contribution in [3.05, 3.63) is 30.1 Å². The number of hydrogen-bond donors (Lipinski definition) is 1. The molecule has 1 saturated heterocycles. The molecule has 0 aliphatic carbocycles. The Morgan fingerprint density at radius 3 is 2.45 bits per heavy atom. The summed E-state index contributed by atoms with van der Waals surface area (Å²) in [5.41, 5.74) is 0.00620. The average molecular weight is 280 g/mol. The van der Waals surface area contributed by atoms with Gasteiger partial charge in [-0.15, -0.1) is 0 Å². The molecule has 0 unspecified atom stereocenters. The van der Waals surface area contributed by atoms with Crippen molar-refractivity contribution in [1.82, 2.24) is 5.32 Å². The van der Waals surface area contributed by atoms with Gasteiger partial charge in [0, 0.05) is 5.69 Å². The Kier molecular flexibility index (Phi) is 3.65. The summed E-state index contributed by atoms with van der Waals surface area (Å²) >= 11 is 0. The number of hydrogen-bond acceptors (Lipinski definition) is 3. The molecule has 108 valence electrons. The number of benzene rings is 1. The minimum absolute atomic E-state index is 0.234. The number of rotatable bonds is 2. The average Bonchev–Trinajstić information content (AvgIpc) is 2.33. The van der Waals surface area contributed by atoms with Gasteiger partial charge in [0.25, 0.3) is 5.91 Å². The molecular weight excluding hydrogens is 263 g/mol. The lowest BCUT2D eigenvalue weighted by Gasteiger charge is -2.38. The summed E-state index contributed by atoms with van der Waals surface area (Å²) < 4.78 is 17.9. The van der Waals surface area contributed by atoms with Gasteiger partial charge in [-0.05, 0) is 45.0 Å². The second-order valence-electron chi connectivity index (χ2n) is 5.62. The standard InChI is InChI=1S/C14H17FN2O3/c1-14(2,3)20-13(19)16-11-8-17(12(11)18)10-6-4-9(15)5-7-10/h4-7,11H,8H2,1-3H3,(H,16,19)/t11-/m1/s1. The Labute approximate surface area is 116 Å². The van der Waals surface area contributed by atoms with E-state index >= 15 is 0 Å². The van der Waals surface area contributed by atoms with E-state index in [0.717, 1.165) is 0 Å². The van der Waals surface area contributed by atoms with Crippen LogP contribution in [-0.2, 0) is 9.53 Å². The fourth-order valence-electron chi connectivity index (χ4n) is 1.84. The van der Waals surface area contributed by atoms with E-state index < -0.39 is 17.7 Å². The fraction of sp³-hybridized carbons (Fsp3) is 0.429. The van der Waals surface area contributed by atoms with Crippen LogP contribution in [0.5, 0.6) is 0 Å². The van der Waals surface area contributed by atoms with E-state index in [0.29, 0.717) is 12.2 Å². The van der Waals surface area contributed by atoms with E-state index in [1.54, 1.807) is 20.8 Å². The van der Waals surface area contributed by atoms with Gasteiger partial charge in [0.05, 0.1) is 6.54 Å². The molecule has 1 aromatic carbocycles. The third-order valence-electron chi connectivity index (χ3n) is 2.76. The maximum atomic E-state index is 12.8. The van der Waals surface area contributed by atoms with Crippen LogP contribution in [0.15, 0.2) is 24.3 Å². The Morgan fingerprint density at radius 1 is 1.35 bits per heavy atom. The number of carbonyl (C=O) groups is 2. The normalized spacial score (nSPS) is 18.5. The van der Waals surface area contributed by atoms with Crippen LogP contribution in [0.2, 0.25) is 0 Å². The highest BCUT2D eigenvalue weighted by molar-refractivity contribution is 6.05. The van der Waals surface area contributed by atoms with Crippen molar-refractivity contribution in [2.24, 2.45) is 0 Å². The Bertz CT molecular complexity index is 522. The summed E-state index contributed by atoms with van der Waals surface area (Å²) in [5, 5.41) is 2.51. The molecule has 0 bridgehead atoms. The van der Waals surface area contributed by atoms with E-state index in [9.17, 15) is 14.0 Å². The van der Waals surface area contributed by atoms with Gasteiger partial charge in [0.1, 0.15) is 17.5 Å². The summed E-state index contributed by atoms with van der Waals surface area (Å²) in [6.07, 6.45) is -0.616. The van der Waals surface area contributed by atoms with Crippen molar-refractivity contribution in [3.8, 4) is 0 Å². The number of halogens is 1. The molecule has 1 N–H and O–H groups in total. The molecule has 1 aliphatic heterocycles. The van der Waals surface area contributed by atoms with Crippen molar-refractivity contribution >= 4 is 17.7 Å². The number of nitrogens with one attached hydrogen (secondary N) is 1. The largest absolute Gasteiger partial charge is 0.444 e. The summed E-state index contributed by atoms with van der Waals surface area (Å²) in [6, 6.07) is 5.04. The van der Waals surface area contributed by atoms with Crippen molar-refractivity contribution in [3.63, 3.8) is 0 Å². The van der Waals surface area contributed by atoms with Gasteiger partial charge in [-0.25, -0.2) is 9.18 Å². The van der Waals surface area contributed by atoms with Crippen LogP contribution < -0.4 is 10.2 Å². The third-order valence-corrected chi connectivity index (χ3v) is 2.76. The van der Waals surface area contributed by atoms with Crippen molar-refractivity contribution in [2.75, 3.05) is 11.4 Å². The predicted molar refractivity (Wildman–Crippen MR) is 71.9 cm³/mol. The highest BCUT2D eigenvalue weighted by Gasteiger charge is 2.39. The molecule has 1 fully saturated rings. The minimum Gasteiger partial charge on any atom is -0.444 e. The first-order chi connectivity index (χ1) is 9.26. The summed E-state index contributed by atoms with van der Waals surface area (Å²) in [5.74, 6) is -0.590. The predicted octanol–water partition coefficient (Wildman–Crippen LogP) is 2.07. The van der Waals surface area contributed by atoms with Crippen LogP contribution in [0.1, 0.15) is 20.8 Å². The lowest BCUT2D eigenvalue weighted by molar-refractivity contribution is -0.124. The Balaban J connectivity index is 1.89. The molecule has 20 heavy (non-hydrogen) atoms. The molecule has 2 amide bonds. The molecule has 0 saturated carbocycles. The smallest absolute Gasteiger partial charge is 0.408 e. The molecule has 0 aromatic heterocycles. The maximum absolute atomic E-state index is 12.8. The molecule has 0 radical (unpaired) electrons. The van der Waals surface area contributed by atoms with E-state index in [2.05, 4.69) is 5.32 Å². The van der Waals surface area contributed by atoms with Crippen LogP contribution in [0.3, 0.4) is 0 Å². The van der Waals surface area contributed by atoms with E-state index in [1.807, 2.05) is 0 Å². The second kappa shape index (κ2) is 5.11. The molecule has 1 atom stereocenters. The van der Waals surface area contributed by atoms with E-state index in [-0.39, 0.29) is 11.7 Å². The zero-order chi connectivity index (χ0) is 14.9. The van der Waals surface area contributed by atoms with Gasteiger partial charge in [-0.3, -0.25) is 4.79 Å². The molecular formula is C14H17FN2O3. The summed E-state index contributed by atoms with van der Waals surface area (Å²) in [6.45, 7) is 5.60. The zero-order valence-electron chi connectivity index (χ0n) is 11.6. The van der Waals surface area contributed by atoms with Crippen molar-refractivity contribution < 1.29 is 18.7 Å². The van der Waals surface area contributed by atoms with E-state index in [1.165, 1.54) is 29.2 Å². The third kappa shape index (κ3) is 3.26. The number of nitrogens with zero attached hydrogens (tertiary/aromatic N) is 1. The molecule has 6 heteroatoms. The van der Waals surface area contributed by atoms with Gasteiger partial charge in [0.15, 0.2) is 0 Å². The van der Waals surface area contributed by atoms with E-state index in [4.69, 9.17) is 4.74 Å². The zero-order valence-corrected chi connectivity index (χ0v) is 11.6. The van der Waals surface area contributed by atoms with Gasteiger partial charge in [-0.2, -0.15) is 0 Å². The van der Waals surface area contributed by atoms with Gasteiger partial charge in [-0.1, -0.05) is 0 Å². The van der Waals surface area contributed by atoms with Crippen LogP contribution in [-0.4, -0.2) is 30.2 Å². The molecule has 1 aliphatic rings. The minimum atomic E-state index is -0.616. The summed E-state index contributed by atoms with van der Waals surface area (Å²) in [7, 11) is 0. The number of β-lactam (4-membered cyclic amide) rings is 1. The van der Waals surface area contributed by atoms with Gasteiger partial charge in [0.2, 0.25) is 0 Å². The molecule has 1 heterocycles. The van der Waals surface area contributed by atoms with Gasteiger partial charge >= 0.3 is 6.09 Å². The lowest BCUT2D eigenvalue weighted by atomic mass is 10.1. The molecule has 5 nitrogen and oxygen atoms in total. The lowest BCUT2D eigenvalue weighted by Crippen LogP contribution is -2.64. The number of carbonyl (C=O) groups excluding carboxylic acids is 2. The molecule has 1 aromatic rings. The highest BCUT2D eigenvalue weighted by atomic mass is 19.1. The molecule has 2 rings (SSSR count). The summed E-state index contributed by atoms with van der Waals surface area (Å²) in [4.78, 5) is 24.9. The van der Waals surface area contributed by atoms with Crippen molar-refractivity contribution in [1.29, 1.82) is 0 Å². The first-order valence-electron chi connectivity index (χ1n) is 6.33. The quantitative estimate of drug-likeness (QED) is 0.844. The van der Waals surface area contributed by atoms with Crippen LogP contribution >= 0.6 is 0 Å². The first-order valence-corrected chi connectivity index (χ1v) is 6.33. The van der Waals surface area contributed by atoms with Crippen LogP contribution in [0, 0.1) is 5.82 Å². The highest BCUT2D eigenvalue weighted by Crippen LogP contribution is 2.22. The second-order valence-corrected chi connectivity index (χ2v) is 5.62.